The summed E-state index contributed by atoms with van der Waals surface area (Å²) in [6.07, 6.45) is 11.2. The molecule has 0 saturated carbocycles. The van der Waals surface area contributed by atoms with E-state index in [1.54, 1.807) is 28.2 Å². The molecule has 4 nitrogen and oxygen atoms in total. The number of rotatable bonds is 11. The first-order chi connectivity index (χ1) is 17.0. The maximum atomic E-state index is 9.13. The van der Waals surface area contributed by atoms with Crippen molar-refractivity contribution in [3.05, 3.63) is 98.6 Å². The third-order valence-electron chi connectivity index (χ3n) is 5.23. The summed E-state index contributed by atoms with van der Waals surface area (Å²) in [6, 6.07) is 17.5. The first-order valence-corrected chi connectivity index (χ1v) is 12.8. The predicted octanol–water partition coefficient (Wildman–Crippen LogP) is 8.80. The van der Waals surface area contributed by atoms with E-state index in [0.29, 0.717) is 0 Å². The Balaban J connectivity index is 0. The molecule has 0 amide bonds. The van der Waals surface area contributed by atoms with Crippen LogP contribution in [0.4, 0.5) is 0 Å². The average Bonchev–Trinajstić information content (AvgIpc) is 2.85. The predicted molar refractivity (Wildman–Crippen MR) is 155 cm³/mol. The summed E-state index contributed by atoms with van der Waals surface area (Å²) in [5, 5.41) is 7.00. The summed E-state index contributed by atoms with van der Waals surface area (Å²) in [4.78, 5) is 3.22. The van der Waals surface area contributed by atoms with E-state index in [1.807, 2.05) is 0 Å². The quantitative estimate of drug-likeness (QED) is 0.0636. The zero-order valence-electron chi connectivity index (χ0n) is 23.5. The Hall–Kier alpha value is -2.08. The maximum absolute atomic E-state index is 9.13. The van der Waals surface area contributed by atoms with Gasteiger partial charge in [0.25, 0.3) is 0 Å². The molecule has 0 aliphatic rings. The molecule has 5 heteroatoms. The maximum Gasteiger partial charge on any atom is 2.00 e. The summed E-state index contributed by atoms with van der Waals surface area (Å²) in [7, 11) is 7.00. The molecule has 0 saturated heterocycles. The molecule has 0 unspecified atom stereocenters. The van der Waals surface area contributed by atoms with Gasteiger partial charge in [-0.1, -0.05) is 93.6 Å². The average molecular weight is 581 g/mol. The van der Waals surface area contributed by atoms with Crippen molar-refractivity contribution in [2.24, 2.45) is 0 Å². The fourth-order valence-corrected chi connectivity index (χ4v) is 3.48. The first kappa shape index (κ1) is 36.1. The number of aryl methyl sites for hydroxylation is 2. The van der Waals surface area contributed by atoms with Crippen LogP contribution in [0.1, 0.15) is 81.0 Å². The molecule has 0 radical (unpaired) electrons. The molecule has 0 fully saturated rings. The van der Waals surface area contributed by atoms with Crippen molar-refractivity contribution >= 4 is 11.4 Å². The molecule has 0 aliphatic carbocycles. The molecule has 0 aromatic heterocycles. The topological polar surface area (TPSA) is 64.6 Å². The monoisotopic (exact) mass is 580 g/mol. The fourth-order valence-electron chi connectivity index (χ4n) is 3.48. The molecule has 36 heavy (non-hydrogen) atoms. The first-order valence-electron chi connectivity index (χ1n) is 12.8. The molecular formula is C31H46N4Pd. The van der Waals surface area contributed by atoms with Crippen LogP contribution in [0.2, 0.25) is 0 Å². The molecule has 0 aliphatic heterocycles. The zero-order chi connectivity index (χ0) is 26.3. The summed E-state index contributed by atoms with van der Waals surface area (Å²) in [5.74, 6) is 2.81. The third kappa shape index (κ3) is 16.6. The minimum atomic E-state index is 0. The Labute approximate surface area is 235 Å². The summed E-state index contributed by atoms with van der Waals surface area (Å²) in [5.41, 5.74) is 16.2. The van der Waals surface area contributed by atoms with Crippen LogP contribution < -0.4 is 0 Å². The number of hydrogen-bond donors (Lipinski definition) is 0. The largest absolute Gasteiger partial charge is 2.00 e. The van der Waals surface area contributed by atoms with Gasteiger partial charge in [0.05, 0.1) is 5.57 Å². The van der Waals surface area contributed by atoms with Crippen molar-refractivity contribution in [2.75, 3.05) is 28.2 Å². The Kier molecular flexibility index (Phi) is 24.7. The van der Waals surface area contributed by atoms with Gasteiger partial charge in [-0.15, -0.1) is 4.79 Å². The summed E-state index contributed by atoms with van der Waals surface area (Å²) >= 11 is 0. The van der Waals surface area contributed by atoms with Crippen molar-refractivity contribution in [1.82, 2.24) is 0 Å². The van der Waals surface area contributed by atoms with Gasteiger partial charge in [0.2, 0.25) is 0 Å². The third-order valence-corrected chi connectivity index (χ3v) is 5.23. The van der Waals surface area contributed by atoms with Crippen LogP contribution in [0.15, 0.2) is 60.2 Å². The van der Waals surface area contributed by atoms with E-state index in [9.17, 15) is 0 Å². The van der Waals surface area contributed by atoms with Gasteiger partial charge in [0.1, 0.15) is 0 Å². The van der Waals surface area contributed by atoms with E-state index >= 15 is 0 Å². The molecule has 0 bridgehead atoms. The van der Waals surface area contributed by atoms with E-state index in [4.69, 9.17) is 5.53 Å². The van der Waals surface area contributed by atoms with Gasteiger partial charge >= 0.3 is 26.3 Å². The van der Waals surface area contributed by atoms with E-state index in [-0.39, 0.29) is 20.4 Å². The number of unbranched alkanes of at least 4 members (excludes halogenated alkanes) is 4. The normalized spacial score (nSPS) is 9.92. The fraction of sp³-hybridized carbons (Fsp3) is 0.484. The Bertz CT molecular complexity index is 920. The van der Waals surface area contributed by atoms with Crippen LogP contribution in [-0.4, -0.2) is 38.9 Å². The van der Waals surface area contributed by atoms with Gasteiger partial charge in [-0.2, -0.15) is 28.2 Å². The minimum absolute atomic E-state index is 0. The zero-order valence-corrected chi connectivity index (χ0v) is 25.0. The van der Waals surface area contributed by atoms with Crippen LogP contribution in [-0.2, 0) is 26.8 Å². The second kappa shape index (κ2) is 24.6. The molecule has 0 spiro atoms. The van der Waals surface area contributed by atoms with Crippen molar-refractivity contribution < 1.29 is 25.2 Å². The smallest absolute Gasteiger partial charge is 0.668 e. The molecule has 2 rings (SSSR count). The van der Waals surface area contributed by atoms with Gasteiger partial charge < -0.3 is 16.2 Å². The van der Waals surface area contributed by atoms with Crippen molar-refractivity contribution in [3.8, 4) is 0 Å². The van der Waals surface area contributed by atoms with Crippen LogP contribution >= 0.6 is 0 Å². The Morgan fingerprint density at radius 3 is 2.03 bits per heavy atom. The van der Waals surface area contributed by atoms with Gasteiger partial charge in [0, 0.05) is 0 Å². The second-order valence-electron chi connectivity index (χ2n) is 8.67. The number of hydrogen-bond acceptors (Lipinski definition) is 0. The van der Waals surface area contributed by atoms with E-state index in [1.165, 1.54) is 54.4 Å². The van der Waals surface area contributed by atoms with Crippen molar-refractivity contribution in [3.63, 3.8) is 0 Å². The second-order valence-corrected chi connectivity index (χ2v) is 8.67. The van der Waals surface area contributed by atoms with E-state index < -0.39 is 0 Å². The van der Waals surface area contributed by atoms with Crippen molar-refractivity contribution in [1.29, 1.82) is 0 Å². The SMILES string of the molecule is CCCCCCC(=C=[N+]=[N-])C=C(c1ccc(C)cc1)c1cccc(CCCC)c1.C[N-]C.C[N-]C.[Pd+2]. The number of allylic oxidation sites excluding steroid dienone is 2. The molecule has 200 valence electrons. The Morgan fingerprint density at radius 2 is 1.47 bits per heavy atom. The number of benzene rings is 2. The molecule has 0 N–H and O–H groups in total. The number of nitrogens with zero attached hydrogens (tertiary/aromatic N) is 4. The van der Waals surface area contributed by atoms with Crippen LogP contribution in [0.3, 0.4) is 0 Å². The van der Waals surface area contributed by atoms with Crippen LogP contribution in [0, 0.1) is 6.92 Å². The van der Waals surface area contributed by atoms with Gasteiger partial charge in [-0.3, -0.25) is 0 Å². The standard InChI is InChI=1S/C27H34N2.2C2H6N.Pd/c1-4-6-8-9-12-24(21-29-28)20-27(25-17-15-22(3)16-18-25)26-14-10-13-23(19-26)11-7-5-2;2*1-3-2;/h10,13-20H,4-9,11-12H2,1-3H3;2*1-2H3;/q;2*-1;+2. The minimum Gasteiger partial charge on any atom is -0.668 e. The molecule has 2 aromatic carbocycles. The Morgan fingerprint density at radius 1 is 0.861 bits per heavy atom. The van der Waals surface area contributed by atoms with E-state index in [2.05, 4.69) is 96.7 Å². The molecule has 0 atom stereocenters. The molecule has 0 heterocycles. The summed E-state index contributed by atoms with van der Waals surface area (Å²) in [6.45, 7) is 6.55. The summed E-state index contributed by atoms with van der Waals surface area (Å²) < 4.78 is 0. The van der Waals surface area contributed by atoms with Crippen LogP contribution in [0.25, 0.3) is 21.7 Å². The van der Waals surface area contributed by atoms with Gasteiger partial charge in [0.15, 0.2) is 0 Å². The van der Waals surface area contributed by atoms with Gasteiger partial charge in [-0.05, 0) is 60.9 Å². The molecular weight excluding hydrogens is 535 g/mol. The van der Waals surface area contributed by atoms with Crippen LogP contribution in [0.5, 0.6) is 0 Å². The van der Waals surface area contributed by atoms with Gasteiger partial charge in [-0.25, -0.2) is 0 Å². The van der Waals surface area contributed by atoms with Crippen molar-refractivity contribution in [2.45, 2.75) is 72.1 Å². The van der Waals surface area contributed by atoms with E-state index in [0.717, 1.165) is 30.4 Å². The molecule has 2 aromatic rings.